The van der Waals surface area contributed by atoms with Gasteiger partial charge in [-0.25, -0.2) is 0 Å². The predicted octanol–water partition coefficient (Wildman–Crippen LogP) is 2.22. The SMILES string of the molecule is CCn1nc(C)cc1-c1nncn1C(C)(C)C. The van der Waals surface area contributed by atoms with Crippen LogP contribution >= 0.6 is 0 Å². The van der Waals surface area contributed by atoms with E-state index in [0.717, 1.165) is 23.8 Å². The number of aromatic nitrogens is 5. The zero-order chi connectivity index (χ0) is 12.6. The van der Waals surface area contributed by atoms with Gasteiger partial charge in [0.25, 0.3) is 0 Å². The van der Waals surface area contributed by atoms with Crippen LogP contribution in [0.25, 0.3) is 11.5 Å². The summed E-state index contributed by atoms with van der Waals surface area (Å²) in [6.07, 6.45) is 1.78. The van der Waals surface area contributed by atoms with Gasteiger partial charge in [0, 0.05) is 12.1 Å². The lowest BCUT2D eigenvalue weighted by Gasteiger charge is -2.22. The van der Waals surface area contributed by atoms with Gasteiger partial charge < -0.3 is 4.57 Å². The summed E-state index contributed by atoms with van der Waals surface area (Å²) in [6, 6.07) is 2.05. The van der Waals surface area contributed by atoms with Crippen LogP contribution in [0.3, 0.4) is 0 Å². The Bertz CT molecular complexity index is 515. The van der Waals surface area contributed by atoms with Gasteiger partial charge in [-0.2, -0.15) is 5.10 Å². The fraction of sp³-hybridized carbons (Fsp3) is 0.583. The standard InChI is InChI=1S/C12H19N5/c1-6-17-10(7-9(2)15-17)11-14-13-8-16(11)12(3,4)5/h7-8H,6H2,1-5H3. The second kappa shape index (κ2) is 3.98. The molecule has 2 rings (SSSR count). The number of hydrogen-bond donors (Lipinski definition) is 0. The van der Waals surface area contributed by atoms with Crippen LogP contribution in [0.15, 0.2) is 12.4 Å². The van der Waals surface area contributed by atoms with Crippen LogP contribution in [0.2, 0.25) is 0 Å². The largest absolute Gasteiger partial charge is 0.307 e. The van der Waals surface area contributed by atoms with Gasteiger partial charge in [-0.1, -0.05) is 0 Å². The van der Waals surface area contributed by atoms with Gasteiger partial charge in [0.15, 0.2) is 5.82 Å². The molecule has 2 aromatic heterocycles. The van der Waals surface area contributed by atoms with Crippen molar-refractivity contribution in [3.05, 3.63) is 18.1 Å². The van der Waals surface area contributed by atoms with Crippen LogP contribution in [-0.4, -0.2) is 24.5 Å². The minimum absolute atomic E-state index is 0.0322. The second-order valence-corrected chi connectivity index (χ2v) is 5.18. The van der Waals surface area contributed by atoms with E-state index in [1.54, 1.807) is 6.33 Å². The Morgan fingerprint density at radius 3 is 2.59 bits per heavy atom. The number of aryl methyl sites for hydroxylation is 2. The maximum Gasteiger partial charge on any atom is 0.182 e. The van der Waals surface area contributed by atoms with Crippen molar-refractivity contribution in [1.29, 1.82) is 0 Å². The molecule has 0 N–H and O–H groups in total. The van der Waals surface area contributed by atoms with Crippen molar-refractivity contribution in [1.82, 2.24) is 24.5 Å². The summed E-state index contributed by atoms with van der Waals surface area (Å²) in [5, 5.41) is 12.7. The lowest BCUT2D eigenvalue weighted by Crippen LogP contribution is -2.22. The van der Waals surface area contributed by atoms with E-state index in [4.69, 9.17) is 0 Å². The van der Waals surface area contributed by atoms with Crippen molar-refractivity contribution in [2.45, 2.75) is 46.7 Å². The molecule has 0 bridgehead atoms. The maximum atomic E-state index is 4.44. The summed E-state index contributed by atoms with van der Waals surface area (Å²) in [4.78, 5) is 0. The molecule has 5 nitrogen and oxygen atoms in total. The fourth-order valence-corrected chi connectivity index (χ4v) is 1.87. The van der Waals surface area contributed by atoms with Crippen LogP contribution in [-0.2, 0) is 12.1 Å². The average Bonchev–Trinajstić information content (AvgIpc) is 2.81. The third kappa shape index (κ3) is 2.09. The van der Waals surface area contributed by atoms with Gasteiger partial charge in [0.2, 0.25) is 0 Å². The van der Waals surface area contributed by atoms with Crippen molar-refractivity contribution < 1.29 is 0 Å². The smallest absolute Gasteiger partial charge is 0.182 e. The molecule has 0 aromatic carbocycles. The molecule has 0 aliphatic heterocycles. The Morgan fingerprint density at radius 2 is 2.00 bits per heavy atom. The maximum absolute atomic E-state index is 4.44. The molecule has 0 saturated carbocycles. The van der Waals surface area contributed by atoms with E-state index in [1.807, 2.05) is 11.6 Å². The molecule has 0 saturated heterocycles. The monoisotopic (exact) mass is 233 g/mol. The Kier molecular flexibility index (Phi) is 2.77. The average molecular weight is 233 g/mol. The molecule has 0 spiro atoms. The van der Waals surface area contributed by atoms with Crippen LogP contribution in [0.4, 0.5) is 0 Å². The summed E-state index contributed by atoms with van der Waals surface area (Å²) >= 11 is 0. The molecule has 17 heavy (non-hydrogen) atoms. The van der Waals surface area contributed by atoms with E-state index >= 15 is 0 Å². The number of nitrogens with zero attached hydrogens (tertiary/aromatic N) is 5. The first kappa shape index (κ1) is 11.8. The normalized spacial score (nSPS) is 12.1. The van der Waals surface area contributed by atoms with E-state index < -0.39 is 0 Å². The van der Waals surface area contributed by atoms with Crippen LogP contribution < -0.4 is 0 Å². The molecule has 92 valence electrons. The quantitative estimate of drug-likeness (QED) is 0.799. The molecule has 2 heterocycles. The van der Waals surface area contributed by atoms with Gasteiger partial charge in [0.05, 0.1) is 5.69 Å². The summed E-state index contributed by atoms with van der Waals surface area (Å²) in [5.41, 5.74) is 2.00. The molecular weight excluding hydrogens is 214 g/mol. The summed E-state index contributed by atoms with van der Waals surface area (Å²) in [6.45, 7) is 11.3. The van der Waals surface area contributed by atoms with Crippen molar-refractivity contribution in [2.24, 2.45) is 0 Å². The van der Waals surface area contributed by atoms with E-state index in [1.165, 1.54) is 0 Å². The molecule has 2 aromatic rings. The van der Waals surface area contributed by atoms with Gasteiger partial charge in [-0.05, 0) is 40.7 Å². The van der Waals surface area contributed by atoms with Gasteiger partial charge in [-0.3, -0.25) is 4.68 Å². The topological polar surface area (TPSA) is 48.5 Å². The Labute approximate surface area is 101 Å². The Hall–Kier alpha value is -1.65. The molecule has 0 aliphatic rings. The first-order valence-electron chi connectivity index (χ1n) is 5.89. The molecule has 0 fully saturated rings. The predicted molar refractivity (Wildman–Crippen MR) is 66.7 cm³/mol. The molecule has 0 unspecified atom stereocenters. The highest BCUT2D eigenvalue weighted by Crippen LogP contribution is 2.24. The highest BCUT2D eigenvalue weighted by molar-refractivity contribution is 5.50. The number of rotatable bonds is 2. The highest BCUT2D eigenvalue weighted by atomic mass is 15.3. The van der Waals surface area contributed by atoms with Crippen molar-refractivity contribution >= 4 is 0 Å². The van der Waals surface area contributed by atoms with E-state index in [2.05, 4.69) is 53.6 Å². The van der Waals surface area contributed by atoms with Gasteiger partial charge in [0.1, 0.15) is 12.0 Å². The van der Waals surface area contributed by atoms with E-state index in [9.17, 15) is 0 Å². The minimum atomic E-state index is -0.0322. The third-order valence-electron chi connectivity index (χ3n) is 2.70. The number of hydrogen-bond acceptors (Lipinski definition) is 3. The summed E-state index contributed by atoms with van der Waals surface area (Å²) < 4.78 is 4.04. The highest BCUT2D eigenvalue weighted by Gasteiger charge is 2.21. The lowest BCUT2D eigenvalue weighted by molar-refractivity contribution is 0.398. The van der Waals surface area contributed by atoms with Crippen LogP contribution in [0, 0.1) is 6.92 Å². The lowest BCUT2D eigenvalue weighted by atomic mass is 10.1. The first-order valence-corrected chi connectivity index (χ1v) is 5.89. The van der Waals surface area contributed by atoms with E-state index in [0.29, 0.717) is 0 Å². The molecule has 5 heteroatoms. The molecule has 0 atom stereocenters. The Balaban J connectivity index is 2.57. The molecule has 0 radical (unpaired) electrons. The minimum Gasteiger partial charge on any atom is -0.307 e. The van der Waals surface area contributed by atoms with Crippen molar-refractivity contribution in [3.8, 4) is 11.5 Å². The first-order chi connectivity index (χ1) is 7.93. The van der Waals surface area contributed by atoms with Gasteiger partial charge >= 0.3 is 0 Å². The summed E-state index contributed by atoms with van der Waals surface area (Å²) in [7, 11) is 0. The van der Waals surface area contributed by atoms with Crippen molar-refractivity contribution in [2.75, 3.05) is 0 Å². The second-order valence-electron chi connectivity index (χ2n) is 5.18. The molecular formula is C12H19N5. The van der Waals surface area contributed by atoms with Crippen LogP contribution in [0.5, 0.6) is 0 Å². The van der Waals surface area contributed by atoms with E-state index in [-0.39, 0.29) is 5.54 Å². The fourth-order valence-electron chi connectivity index (χ4n) is 1.87. The van der Waals surface area contributed by atoms with Crippen molar-refractivity contribution in [3.63, 3.8) is 0 Å². The third-order valence-corrected chi connectivity index (χ3v) is 2.70. The summed E-state index contributed by atoms with van der Waals surface area (Å²) in [5.74, 6) is 0.875. The van der Waals surface area contributed by atoms with Gasteiger partial charge in [-0.15, -0.1) is 10.2 Å². The molecule has 0 amide bonds. The molecule has 0 aliphatic carbocycles. The van der Waals surface area contributed by atoms with Crippen LogP contribution in [0.1, 0.15) is 33.4 Å². The Morgan fingerprint density at radius 1 is 1.29 bits per heavy atom. The zero-order valence-corrected chi connectivity index (χ0v) is 11.1. The zero-order valence-electron chi connectivity index (χ0n) is 11.1.